The molecule has 0 unspecified atom stereocenters. The summed E-state index contributed by atoms with van der Waals surface area (Å²) in [6.45, 7) is 1.21. The van der Waals surface area contributed by atoms with Gasteiger partial charge in [-0.25, -0.2) is 8.78 Å². The molecule has 10 nitrogen and oxygen atoms in total. The van der Waals surface area contributed by atoms with Crippen molar-refractivity contribution in [2.24, 2.45) is 5.92 Å². The van der Waals surface area contributed by atoms with Crippen LogP contribution in [0.25, 0.3) is 0 Å². The minimum atomic E-state index is -0.397. The van der Waals surface area contributed by atoms with Crippen molar-refractivity contribution in [2.75, 3.05) is 27.8 Å². The van der Waals surface area contributed by atoms with Gasteiger partial charge in [0.05, 0.1) is 6.42 Å². The lowest BCUT2D eigenvalue weighted by Gasteiger charge is -2.21. The van der Waals surface area contributed by atoms with E-state index in [1.807, 2.05) is 24.3 Å². The van der Waals surface area contributed by atoms with Gasteiger partial charge < -0.3 is 21.3 Å². The molecule has 1 heterocycles. The number of nitrogens with zero attached hydrogens (tertiary/aromatic N) is 3. The van der Waals surface area contributed by atoms with Crippen molar-refractivity contribution in [3.05, 3.63) is 95.6 Å². The molecule has 5 rings (SSSR count). The fourth-order valence-corrected chi connectivity index (χ4v) is 5.09. The van der Waals surface area contributed by atoms with Crippen molar-refractivity contribution in [1.29, 1.82) is 0 Å². The summed E-state index contributed by atoms with van der Waals surface area (Å²) in [6, 6.07) is 19.4. The van der Waals surface area contributed by atoms with E-state index in [9.17, 15) is 13.6 Å². The number of hydrogen-bond donors (Lipinski definition) is 6. The number of aromatic nitrogens is 3. The predicted molar refractivity (Wildman–Crippen MR) is 176 cm³/mol. The average Bonchev–Trinajstić information content (AvgIpc) is 3.04. The second kappa shape index (κ2) is 15.7. The molecule has 6 N–H and O–H groups in total. The molecule has 0 atom stereocenters. The number of hydrogen-bond acceptors (Lipinski definition) is 8. The summed E-state index contributed by atoms with van der Waals surface area (Å²) < 4.78 is 26.7. The van der Waals surface area contributed by atoms with E-state index in [0.717, 1.165) is 23.4 Å². The van der Waals surface area contributed by atoms with E-state index in [4.69, 9.17) is 12.2 Å². The molecule has 4 aromatic rings. The molecule has 13 heteroatoms. The van der Waals surface area contributed by atoms with Crippen molar-refractivity contribution >= 4 is 52.5 Å². The predicted octanol–water partition coefficient (Wildman–Crippen LogP) is 6.06. The zero-order valence-electron chi connectivity index (χ0n) is 24.6. The fraction of sp³-hybridized carbons (Fsp3) is 0.281. The van der Waals surface area contributed by atoms with Gasteiger partial charge in [0, 0.05) is 24.5 Å². The number of thiocarbonyl (C=S) groups is 1. The van der Waals surface area contributed by atoms with E-state index in [1.54, 1.807) is 24.3 Å². The number of benzene rings is 3. The Bertz CT molecular complexity index is 1580. The van der Waals surface area contributed by atoms with Gasteiger partial charge in [-0.3, -0.25) is 15.6 Å². The highest BCUT2D eigenvalue weighted by molar-refractivity contribution is 7.80. The van der Waals surface area contributed by atoms with Crippen LogP contribution in [-0.2, 0) is 17.8 Å². The first-order chi connectivity index (χ1) is 21.9. The van der Waals surface area contributed by atoms with Gasteiger partial charge >= 0.3 is 0 Å². The van der Waals surface area contributed by atoms with Gasteiger partial charge in [-0.1, -0.05) is 49.6 Å². The van der Waals surface area contributed by atoms with Crippen LogP contribution in [0.4, 0.5) is 38.0 Å². The Morgan fingerprint density at radius 1 is 0.756 bits per heavy atom. The number of rotatable bonds is 11. The van der Waals surface area contributed by atoms with Crippen LogP contribution in [0, 0.1) is 17.6 Å². The zero-order chi connectivity index (χ0) is 31.4. The maximum absolute atomic E-state index is 13.4. The molecule has 1 aromatic heterocycles. The third-order valence-corrected chi connectivity index (χ3v) is 7.45. The molecule has 1 aliphatic carbocycles. The van der Waals surface area contributed by atoms with Crippen molar-refractivity contribution < 1.29 is 13.6 Å². The van der Waals surface area contributed by atoms with Crippen molar-refractivity contribution in [3.63, 3.8) is 0 Å². The van der Waals surface area contributed by atoms with Gasteiger partial charge in [-0.2, -0.15) is 15.0 Å². The zero-order valence-corrected chi connectivity index (χ0v) is 25.4. The maximum atomic E-state index is 13.4. The standard InChI is InChI=1S/C32H35F2N9OS/c33-24-13-9-23(10-14-24)20-36-30-39-29(35-19-22-5-2-1-3-6-22)40-31(41-30)37-26-15-11-21(12-16-26)17-28(44)42-43-32(45)38-27-8-4-7-25(34)18-27/h4,7-16,18,22H,1-3,5-6,17,19-20H2,(H,42,44)(H2,38,43,45)(H3,35,36,37,39,40,41). The normalized spacial score (nSPS) is 13.0. The summed E-state index contributed by atoms with van der Waals surface area (Å²) in [5, 5.41) is 12.7. The first-order valence-corrected chi connectivity index (χ1v) is 15.2. The van der Waals surface area contributed by atoms with Crippen LogP contribution in [0.5, 0.6) is 0 Å². The fourth-order valence-electron chi connectivity index (χ4n) is 4.92. The SMILES string of the molecule is O=C(Cc1ccc(Nc2nc(NCc3ccc(F)cc3)nc(NCC3CCCCC3)n2)cc1)NNC(=S)Nc1cccc(F)c1. The number of hydrazine groups is 1. The molecule has 0 aliphatic heterocycles. The van der Waals surface area contributed by atoms with Gasteiger partial charge in [0.15, 0.2) is 5.11 Å². The second-order valence-electron chi connectivity index (χ2n) is 10.8. The van der Waals surface area contributed by atoms with Crippen molar-refractivity contribution in [2.45, 2.75) is 45.1 Å². The molecule has 0 saturated heterocycles. The van der Waals surface area contributed by atoms with E-state index < -0.39 is 5.82 Å². The molecule has 1 fully saturated rings. The van der Waals surface area contributed by atoms with E-state index >= 15 is 0 Å². The minimum Gasteiger partial charge on any atom is -0.354 e. The van der Waals surface area contributed by atoms with Crippen LogP contribution < -0.4 is 32.1 Å². The molecule has 0 bridgehead atoms. The second-order valence-corrected chi connectivity index (χ2v) is 11.2. The van der Waals surface area contributed by atoms with Crippen LogP contribution in [0.2, 0.25) is 0 Å². The van der Waals surface area contributed by atoms with Crippen molar-refractivity contribution in [1.82, 2.24) is 25.8 Å². The Labute approximate surface area is 265 Å². The Morgan fingerprint density at radius 3 is 2.18 bits per heavy atom. The number of halogens is 2. The number of anilines is 5. The molecule has 1 aliphatic rings. The molecule has 234 valence electrons. The number of amides is 1. The first kappa shape index (κ1) is 31.5. The largest absolute Gasteiger partial charge is 0.354 e. The third-order valence-electron chi connectivity index (χ3n) is 7.25. The lowest BCUT2D eigenvalue weighted by Crippen LogP contribution is -2.44. The maximum Gasteiger partial charge on any atom is 0.242 e. The Hall–Kier alpha value is -4.91. The lowest BCUT2D eigenvalue weighted by atomic mass is 9.89. The van der Waals surface area contributed by atoms with Crippen molar-refractivity contribution in [3.8, 4) is 0 Å². The van der Waals surface area contributed by atoms with E-state index in [1.165, 1.54) is 56.4 Å². The van der Waals surface area contributed by atoms with E-state index in [-0.39, 0.29) is 23.3 Å². The Morgan fingerprint density at radius 2 is 1.44 bits per heavy atom. The lowest BCUT2D eigenvalue weighted by molar-refractivity contribution is -0.121. The summed E-state index contributed by atoms with van der Waals surface area (Å²) in [5.41, 5.74) is 8.01. The summed E-state index contributed by atoms with van der Waals surface area (Å²) in [4.78, 5) is 26.1. The average molecular weight is 632 g/mol. The topological polar surface area (TPSA) is 128 Å². The molecule has 1 saturated carbocycles. The first-order valence-electron chi connectivity index (χ1n) is 14.8. The Balaban J connectivity index is 1.17. The molecule has 0 spiro atoms. The molecular weight excluding hydrogens is 596 g/mol. The molecule has 1 amide bonds. The summed E-state index contributed by atoms with van der Waals surface area (Å²) in [6.07, 6.45) is 6.27. The van der Waals surface area contributed by atoms with Crippen LogP contribution in [0.15, 0.2) is 72.8 Å². The monoisotopic (exact) mass is 631 g/mol. The van der Waals surface area contributed by atoms with Crippen LogP contribution in [0.3, 0.4) is 0 Å². The number of carbonyl (C=O) groups is 1. The molecule has 3 aromatic carbocycles. The quantitative estimate of drug-likeness (QED) is 0.0859. The van der Waals surface area contributed by atoms with Gasteiger partial charge in [0.25, 0.3) is 0 Å². The van der Waals surface area contributed by atoms with Gasteiger partial charge in [0.1, 0.15) is 11.6 Å². The Kier molecular flexibility index (Phi) is 11.0. The van der Waals surface area contributed by atoms with E-state index in [2.05, 4.69) is 47.1 Å². The minimum absolute atomic E-state index is 0.105. The van der Waals surface area contributed by atoms with Crippen LogP contribution in [0.1, 0.15) is 43.2 Å². The summed E-state index contributed by atoms with van der Waals surface area (Å²) >= 11 is 5.15. The number of nitrogens with one attached hydrogen (secondary N) is 6. The summed E-state index contributed by atoms with van der Waals surface area (Å²) in [7, 11) is 0. The third kappa shape index (κ3) is 10.3. The highest BCUT2D eigenvalue weighted by Crippen LogP contribution is 2.24. The highest BCUT2D eigenvalue weighted by Gasteiger charge is 2.15. The van der Waals surface area contributed by atoms with E-state index in [0.29, 0.717) is 36.0 Å². The molecule has 45 heavy (non-hydrogen) atoms. The highest BCUT2D eigenvalue weighted by atomic mass is 32.1. The van der Waals surface area contributed by atoms with Crippen LogP contribution in [-0.4, -0.2) is 32.5 Å². The van der Waals surface area contributed by atoms with Gasteiger partial charge in [-0.15, -0.1) is 0 Å². The number of carbonyl (C=O) groups excluding carboxylic acids is 1. The summed E-state index contributed by atoms with van der Waals surface area (Å²) in [5.74, 6) is 0.795. The van der Waals surface area contributed by atoms with Gasteiger partial charge in [-0.05, 0) is 84.6 Å². The molecular formula is C32H35F2N9OS. The molecule has 0 radical (unpaired) electrons. The smallest absolute Gasteiger partial charge is 0.242 e. The van der Waals surface area contributed by atoms with Crippen LogP contribution >= 0.6 is 12.2 Å². The van der Waals surface area contributed by atoms with Gasteiger partial charge in [0.2, 0.25) is 23.8 Å².